The first kappa shape index (κ1) is 35.4. The first-order valence-corrected chi connectivity index (χ1v) is 12.2. The average Bonchev–Trinajstić information content (AvgIpc) is 2.75. The molecule has 2 aromatic carbocycles. The number of cyclic esters (lactones) is 4. The molecule has 0 unspecified atom stereocenters. The second-order valence-corrected chi connectivity index (χ2v) is 10.1. The van der Waals surface area contributed by atoms with Crippen molar-refractivity contribution in [2.45, 2.75) is 67.5 Å². The van der Waals surface area contributed by atoms with Gasteiger partial charge in [-0.3, -0.25) is 9.59 Å². The van der Waals surface area contributed by atoms with Gasteiger partial charge in [-0.25, -0.2) is 9.59 Å². The lowest BCUT2D eigenvalue weighted by atomic mass is 10.2. The number of benzene rings is 2. The van der Waals surface area contributed by atoms with E-state index in [1.165, 1.54) is 37.5 Å². The quantitative estimate of drug-likeness (QED) is 0.106. The predicted molar refractivity (Wildman–Crippen MR) is 157 cm³/mol. The highest BCUT2D eigenvalue weighted by Crippen LogP contribution is 2.23. The van der Waals surface area contributed by atoms with Crippen molar-refractivity contribution in [2.24, 2.45) is 0 Å². The molecule has 2 fully saturated rings. The third-order valence-corrected chi connectivity index (χ3v) is 5.15. The van der Waals surface area contributed by atoms with Gasteiger partial charge < -0.3 is 30.0 Å². The van der Waals surface area contributed by atoms with Gasteiger partial charge >= 0.3 is 23.9 Å². The molecule has 0 bridgehead atoms. The number of hydrogen-bond acceptors (Lipinski definition) is 10. The smallest absolute Gasteiger partial charge is 0.350 e. The zero-order valence-electron chi connectivity index (χ0n) is 21.1. The Morgan fingerprint density at radius 1 is 0.769 bits per heavy atom. The number of anilines is 2. The average molecular weight is 657 g/mol. The Labute approximate surface area is 243 Å². The van der Waals surface area contributed by atoms with Gasteiger partial charge in [0.25, 0.3) is 11.6 Å². The number of nitrogens with two attached hydrogens (primary N) is 1. The number of nitrogens with one attached hydrogen (secondary N) is 1. The first-order valence-electron chi connectivity index (χ1n) is 11.1. The minimum Gasteiger partial charge on any atom is -0.423 e. The molecular weight excluding hydrogens is 619 g/mol. The summed E-state index contributed by atoms with van der Waals surface area (Å²) in [6.45, 7) is 8.02. The highest BCUT2D eigenvalue weighted by molar-refractivity contribution is 14.1. The molecule has 2 heterocycles. The van der Waals surface area contributed by atoms with Crippen LogP contribution in [-0.4, -0.2) is 35.5 Å². The standard InChI is InChI=1S/C14H15NO4.C6H6IN.C6H8O4.2CH4/c1-9-4-6-10(7-5-9)15-8-11-12(16)18-14(2,3)19-13(11)17;7-5-1-3-6(8)4-2-5;1-6(2)9-4(7)3-5(8)10-6;;/h4-8,15H,1-3H3;1-4H,8H2;3H2,1-2H3;2*1H4. The number of aryl methyl sites for hydroxylation is 1. The maximum atomic E-state index is 11.7. The lowest BCUT2D eigenvalue weighted by molar-refractivity contribution is -0.231. The Bertz CT molecular complexity index is 1110. The molecule has 0 aliphatic carbocycles. The van der Waals surface area contributed by atoms with Gasteiger partial charge in [-0.05, 0) is 65.9 Å². The van der Waals surface area contributed by atoms with Crippen molar-refractivity contribution in [1.82, 2.24) is 0 Å². The molecule has 3 N–H and O–H groups in total. The molecule has 0 saturated carbocycles. The van der Waals surface area contributed by atoms with Gasteiger partial charge in [0.15, 0.2) is 5.57 Å². The summed E-state index contributed by atoms with van der Waals surface area (Å²) in [6.07, 6.45) is 1.02. The predicted octanol–water partition coefficient (Wildman–Crippen LogP) is 5.49. The number of hydrogen-bond donors (Lipinski definition) is 2. The van der Waals surface area contributed by atoms with E-state index in [4.69, 9.17) is 15.2 Å². The first-order chi connectivity index (χ1) is 17.2. The molecule has 0 radical (unpaired) electrons. The SMILES string of the molecule is C.C.CC1(C)OC(=O)CC(=O)O1.Cc1ccc(NC=C2C(=O)OC(C)(C)OC2=O)cc1.Nc1ccc(I)cc1. The van der Waals surface area contributed by atoms with E-state index < -0.39 is 35.5 Å². The summed E-state index contributed by atoms with van der Waals surface area (Å²) in [5, 5.41) is 2.87. The summed E-state index contributed by atoms with van der Waals surface area (Å²) >= 11 is 2.24. The molecular formula is C28H37IN2O8. The number of carbonyl (C=O) groups excluding carboxylic acids is 4. The minimum absolute atomic E-state index is 0. The fourth-order valence-corrected chi connectivity index (χ4v) is 3.17. The van der Waals surface area contributed by atoms with Crippen molar-refractivity contribution in [3.05, 3.63) is 69.4 Å². The maximum absolute atomic E-state index is 11.7. The van der Waals surface area contributed by atoms with Gasteiger partial charge in [0.2, 0.25) is 0 Å². The Kier molecular flexibility index (Phi) is 13.7. The van der Waals surface area contributed by atoms with E-state index in [0.717, 1.165) is 16.9 Å². The van der Waals surface area contributed by atoms with Crippen molar-refractivity contribution in [2.75, 3.05) is 11.1 Å². The van der Waals surface area contributed by atoms with E-state index in [0.29, 0.717) is 0 Å². The molecule has 214 valence electrons. The van der Waals surface area contributed by atoms with Crippen molar-refractivity contribution in [3.8, 4) is 0 Å². The Balaban J connectivity index is 0.000000609. The summed E-state index contributed by atoms with van der Waals surface area (Å²) in [7, 11) is 0. The zero-order chi connectivity index (χ0) is 27.8. The van der Waals surface area contributed by atoms with Crippen LogP contribution >= 0.6 is 22.6 Å². The Morgan fingerprint density at radius 2 is 1.21 bits per heavy atom. The topological polar surface area (TPSA) is 143 Å². The van der Waals surface area contributed by atoms with Crippen LogP contribution in [0.25, 0.3) is 0 Å². The van der Waals surface area contributed by atoms with E-state index in [1.54, 1.807) is 0 Å². The molecule has 11 heteroatoms. The van der Waals surface area contributed by atoms with Crippen LogP contribution in [0, 0.1) is 10.5 Å². The number of carbonyl (C=O) groups is 4. The maximum Gasteiger partial charge on any atom is 0.350 e. The highest BCUT2D eigenvalue weighted by Gasteiger charge is 2.39. The van der Waals surface area contributed by atoms with Gasteiger partial charge in [0.1, 0.15) is 6.42 Å². The van der Waals surface area contributed by atoms with Gasteiger partial charge in [0, 0.05) is 48.8 Å². The molecule has 2 aliphatic rings. The lowest BCUT2D eigenvalue weighted by Gasteiger charge is -2.29. The van der Waals surface area contributed by atoms with E-state index >= 15 is 0 Å². The van der Waals surface area contributed by atoms with Crippen molar-refractivity contribution >= 4 is 57.8 Å². The number of esters is 4. The fraction of sp³-hybridized carbons (Fsp3) is 0.357. The number of ether oxygens (including phenoxy) is 4. The van der Waals surface area contributed by atoms with Gasteiger partial charge in [-0.15, -0.1) is 0 Å². The summed E-state index contributed by atoms with van der Waals surface area (Å²) in [5.74, 6) is -4.73. The Morgan fingerprint density at radius 3 is 1.62 bits per heavy atom. The van der Waals surface area contributed by atoms with Crippen molar-refractivity contribution < 1.29 is 38.1 Å². The molecule has 0 spiro atoms. The van der Waals surface area contributed by atoms with Crippen LogP contribution in [0.15, 0.2) is 60.3 Å². The summed E-state index contributed by atoms with van der Waals surface area (Å²) in [5.41, 5.74) is 7.98. The van der Waals surface area contributed by atoms with Crippen LogP contribution in [0.3, 0.4) is 0 Å². The second kappa shape index (κ2) is 15.1. The highest BCUT2D eigenvalue weighted by atomic mass is 127. The number of halogens is 1. The third-order valence-electron chi connectivity index (χ3n) is 4.43. The third kappa shape index (κ3) is 12.7. The van der Waals surface area contributed by atoms with Crippen LogP contribution < -0.4 is 11.1 Å². The molecule has 39 heavy (non-hydrogen) atoms. The van der Waals surface area contributed by atoms with E-state index in [9.17, 15) is 19.2 Å². The molecule has 2 saturated heterocycles. The van der Waals surface area contributed by atoms with Crippen LogP contribution in [0.2, 0.25) is 0 Å². The fourth-order valence-electron chi connectivity index (χ4n) is 2.81. The summed E-state index contributed by atoms with van der Waals surface area (Å²) in [4.78, 5) is 44.5. The summed E-state index contributed by atoms with van der Waals surface area (Å²) < 4.78 is 20.5. The van der Waals surface area contributed by atoms with Gasteiger partial charge in [0.05, 0.1) is 0 Å². The largest absolute Gasteiger partial charge is 0.423 e. The Hall–Kier alpha value is -3.61. The molecule has 4 rings (SSSR count). The van der Waals surface area contributed by atoms with Crippen LogP contribution in [0.4, 0.5) is 11.4 Å². The van der Waals surface area contributed by atoms with Crippen LogP contribution in [0.5, 0.6) is 0 Å². The van der Waals surface area contributed by atoms with Crippen LogP contribution in [0.1, 0.15) is 54.5 Å². The van der Waals surface area contributed by atoms with Crippen molar-refractivity contribution in [3.63, 3.8) is 0 Å². The number of rotatable bonds is 2. The van der Waals surface area contributed by atoms with Crippen molar-refractivity contribution in [1.29, 1.82) is 0 Å². The molecule has 0 amide bonds. The summed E-state index contributed by atoms with van der Waals surface area (Å²) in [6, 6.07) is 15.3. The normalized spacial score (nSPS) is 16.4. The monoisotopic (exact) mass is 656 g/mol. The van der Waals surface area contributed by atoms with Gasteiger partial charge in [-0.1, -0.05) is 32.5 Å². The second-order valence-electron chi connectivity index (χ2n) is 8.82. The van der Waals surface area contributed by atoms with E-state index in [-0.39, 0.29) is 26.8 Å². The van der Waals surface area contributed by atoms with E-state index in [1.807, 2.05) is 55.5 Å². The van der Waals surface area contributed by atoms with Gasteiger partial charge in [-0.2, -0.15) is 0 Å². The minimum atomic E-state index is -1.21. The molecule has 10 nitrogen and oxygen atoms in total. The molecule has 2 aliphatic heterocycles. The molecule has 0 aromatic heterocycles. The van der Waals surface area contributed by atoms with Crippen LogP contribution in [-0.2, 0) is 38.1 Å². The molecule has 0 atom stereocenters. The number of nitrogen functional groups attached to an aromatic ring is 1. The lowest BCUT2D eigenvalue weighted by Crippen LogP contribution is -2.42. The molecule has 2 aromatic rings. The van der Waals surface area contributed by atoms with E-state index in [2.05, 4.69) is 37.4 Å². The zero-order valence-corrected chi connectivity index (χ0v) is 23.3.